The molecule has 0 aliphatic carbocycles. The van der Waals surface area contributed by atoms with Gasteiger partial charge < -0.3 is 34.2 Å². The minimum atomic E-state index is -4.93. The first-order valence-corrected chi connectivity index (χ1v) is 51.2. The van der Waals surface area contributed by atoms with Crippen molar-refractivity contribution >= 4 is 33.6 Å². The van der Waals surface area contributed by atoms with Crippen LogP contribution in [0.4, 0.5) is 0 Å². The summed E-state index contributed by atoms with van der Waals surface area (Å²) >= 11 is 0. The van der Waals surface area contributed by atoms with Gasteiger partial charge in [-0.05, 0) is 109 Å². The van der Waals surface area contributed by atoms with Gasteiger partial charge in [-0.1, -0.05) is 425 Å². The summed E-state index contributed by atoms with van der Waals surface area (Å²) in [6.45, 7) is 2.64. The molecule has 0 heterocycles. The summed E-state index contributed by atoms with van der Waals surface area (Å²) < 4.78 is 61.5. The number of aliphatic hydroxyl groups excluding tert-OH is 2. The molecule has 0 amide bonds. The van der Waals surface area contributed by atoms with Crippen molar-refractivity contribution in [2.75, 3.05) is 39.6 Å². The van der Waals surface area contributed by atoms with Crippen LogP contribution in [-0.2, 0) is 55.8 Å². The molecule has 0 aromatic heterocycles. The topological polar surface area (TPSA) is 231 Å². The number of carbonyl (C=O) groups is 3. The molecule has 117 heavy (non-hydrogen) atoms. The van der Waals surface area contributed by atoms with Crippen molar-refractivity contribution in [1.29, 1.82) is 0 Å². The van der Waals surface area contributed by atoms with Crippen LogP contribution in [0.5, 0.6) is 0 Å². The highest BCUT2D eigenvalue weighted by molar-refractivity contribution is 7.47. The lowest BCUT2D eigenvalue weighted by atomic mass is 10.0. The zero-order chi connectivity index (χ0) is 85.1. The van der Waals surface area contributed by atoms with Crippen LogP contribution in [0.25, 0.3) is 0 Å². The maximum atomic E-state index is 13.0. The number of phosphoric acid groups is 2. The molecular weight excluding hydrogens is 1510 g/mol. The van der Waals surface area contributed by atoms with E-state index in [4.69, 9.17) is 32.3 Å². The smallest absolute Gasteiger partial charge is 0.463 e. The number of hydrogen-bond donors (Lipinski definition) is 4. The monoisotopic (exact) mass is 1690 g/mol. The second-order valence-corrected chi connectivity index (χ2v) is 35.4. The van der Waals surface area contributed by atoms with E-state index < -0.39 is 91.5 Å². The number of hydrogen-bond acceptors (Lipinski definition) is 14. The van der Waals surface area contributed by atoms with E-state index in [0.29, 0.717) is 19.3 Å². The van der Waals surface area contributed by atoms with Gasteiger partial charge in [-0.2, -0.15) is 0 Å². The van der Waals surface area contributed by atoms with Gasteiger partial charge in [0, 0.05) is 19.3 Å². The van der Waals surface area contributed by atoms with E-state index >= 15 is 0 Å². The van der Waals surface area contributed by atoms with Crippen LogP contribution < -0.4 is 0 Å². The minimum absolute atomic E-state index is 0.111. The molecule has 680 valence electrons. The zero-order valence-electron chi connectivity index (χ0n) is 75.1. The molecule has 0 aliphatic rings. The summed E-state index contributed by atoms with van der Waals surface area (Å²) in [4.78, 5) is 59.0. The van der Waals surface area contributed by atoms with Crippen molar-refractivity contribution in [3.63, 3.8) is 0 Å². The van der Waals surface area contributed by atoms with Gasteiger partial charge in [0.1, 0.15) is 25.4 Å². The lowest BCUT2D eigenvalue weighted by Crippen LogP contribution is -2.30. The largest absolute Gasteiger partial charge is 0.472 e. The number of unbranched alkanes of at least 4 members (excludes halogenated alkanes) is 51. The average Bonchev–Trinajstić information content (AvgIpc) is 0.874. The third-order valence-electron chi connectivity index (χ3n) is 21.0. The maximum absolute atomic E-state index is 13.0. The van der Waals surface area contributed by atoms with Crippen LogP contribution in [0, 0.1) is 0 Å². The SMILES string of the molecule is CC/C=C\C/C=C\C/C=C\C/C=C\C/C=C\CCCCCCCCCCCCCCCCCCCC(=O)OCC(O)COP(=O)(O)OCC(O)COP(=O)(O)OCC(COC(=O)CCCCCCCCCCCCCCCCCCC/C=C\C/C=C\C/C=C\C/C=C\CCCCC)OC(=O)CCCCCCCCCCCCCCCCC. The van der Waals surface area contributed by atoms with Gasteiger partial charge in [-0.3, -0.25) is 32.5 Å². The standard InChI is InChI=1S/C99H178O16P2/c1-4-7-10-13-16-19-22-25-28-30-32-34-36-38-40-42-44-46-48-50-52-54-56-58-60-62-65-67-70-73-76-79-82-85-97(102)109-88-94(100)89-111-116(105,106)112-90-95(101)91-113-117(107,108)114-93-96(115-99(104)87-84-81-78-75-72-69-64-27-24-21-18-15-12-9-6-3)92-110-98(103)86-83-80-77-74-71-68-66-63-61-59-57-55-53-51-49-47-45-43-41-39-37-35-33-31-29-26-23-20-17-14-11-8-5-2/h7,10,16-17,19-20,25-26,28-29,32-35,38-41,94-96,100-101H,4-6,8-9,11-15,18,21-24,27,30-31,36-37,42-93H2,1-3H3,(H,105,106)(H,107,108)/b10-7-,19-16-,20-17-,28-25-,29-26-,34-32-,35-33-,40-38-,41-39-. The molecule has 0 spiro atoms. The molecule has 0 aromatic carbocycles. The number of aliphatic hydroxyl groups is 2. The predicted molar refractivity (Wildman–Crippen MR) is 491 cm³/mol. The van der Waals surface area contributed by atoms with E-state index in [2.05, 4.69) is 130 Å². The van der Waals surface area contributed by atoms with Crippen molar-refractivity contribution in [3.05, 3.63) is 109 Å². The van der Waals surface area contributed by atoms with Crippen molar-refractivity contribution in [1.82, 2.24) is 0 Å². The number of rotatable bonds is 92. The Bertz CT molecular complexity index is 2560. The molecular formula is C99H178O16P2. The Balaban J connectivity index is 4.41. The first kappa shape index (κ1) is 113. The Morgan fingerprint density at radius 3 is 0.735 bits per heavy atom. The number of phosphoric ester groups is 2. The molecule has 0 bridgehead atoms. The molecule has 0 radical (unpaired) electrons. The highest BCUT2D eigenvalue weighted by atomic mass is 31.2. The van der Waals surface area contributed by atoms with Gasteiger partial charge in [0.15, 0.2) is 6.10 Å². The van der Waals surface area contributed by atoms with Crippen molar-refractivity contribution in [3.8, 4) is 0 Å². The first-order valence-electron chi connectivity index (χ1n) is 48.2. The molecule has 18 heteroatoms. The number of ether oxygens (including phenoxy) is 3. The van der Waals surface area contributed by atoms with Gasteiger partial charge in [0.25, 0.3) is 0 Å². The van der Waals surface area contributed by atoms with E-state index in [1.165, 1.54) is 270 Å². The molecule has 0 aliphatic heterocycles. The summed E-state index contributed by atoms with van der Waals surface area (Å²) in [6.07, 6.45) is 112. The number of allylic oxidation sites excluding steroid dienone is 18. The Morgan fingerprint density at radius 2 is 0.453 bits per heavy atom. The summed E-state index contributed by atoms with van der Waals surface area (Å²) in [7, 11) is -9.79. The van der Waals surface area contributed by atoms with Crippen LogP contribution in [-0.4, -0.2) is 95.9 Å². The summed E-state index contributed by atoms with van der Waals surface area (Å²) in [5.74, 6) is -1.54. The maximum Gasteiger partial charge on any atom is 0.472 e. The lowest BCUT2D eigenvalue weighted by Gasteiger charge is -2.21. The lowest BCUT2D eigenvalue weighted by molar-refractivity contribution is -0.161. The van der Waals surface area contributed by atoms with Gasteiger partial charge in [-0.25, -0.2) is 9.13 Å². The second-order valence-electron chi connectivity index (χ2n) is 32.5. The fraction of sp³-hybridized carbons (Fsp3) is 0.788. The average molecular weight is 1690 g/mol. The normalized spacial score (nSPS) is 14.2. The fourth-order valence-corrected chi connectivity index (χ4v) is 15.3. The van der Waals surface area contributed by atoms with E-state index in [-0.39, 0.29) is 19.3 Å². The van der Waals surface area contributed by atoms with Crippen LogP contribution in [0.3, 0.4) is 0 Å². The summed E-state index contributed by atoms with van der Waals surface area (Å²) in [5.41, 5.74) is 0. The van der Waals surface area contributed by atoms with Crippen molar-refractivity contribution in [2.24, 2.45) is 0 Å². The van der Waals surface area contributed by atoms with Gasteiger partial charge in [-0.15, -0.1) is 0 Å². The van der Waals surface area contributed by atoms with Crippen molar-refractivity contribution < 1.29 is 75.8 Å². The third-order valence-corrected chi connectivity index (χ3v) is 22.9. The zero-order valence-corrected chi connectivity index (χ0v) is 76.9. The van der Waals surface area contributed by atoms with Gasteiger partial charge in [0.05, 0.1) is 26.4 Å². The van der Waals surface area contributed by atoms with Gasteiger partial charge >= 0.3 is 33.6 Å². The second kappa shape index (κ2) is 91.4. The Labute approximate surface area is 717 Å². The Morgan fingerprint density at radius 1 is 0.248 bits per heavy atom. The summed E-state index contributed by atoms with van der Waals surface area (Å²) in [6, 6.07) is 0. The van der Waals surface area contributed by atoms with E-state index in [1.54, 1.807) is 0 Å². The molecule has 0 saturated heterocycles. The number of esters is 3. The molecule has 0 rings (SSSR count). The minimum Gasteiger partial charge on any atom is -0.463 e. The van der Waals surface area contributed by atoms with Crippen LogP contribution in [0.15, 0.2) is 109 Å². The molecule has 0 fully saturated rings. The molecule has 5 unspecified atom stereocenters. The van der Waals surface area contributed by atoms with E-state index in [9.17, 15) is 43.5 Å². The summed E-state index contributed by atoms with van der Waals surface area (Å²) in [5, 5.41) is 20.7. The predicted octanol–water partition coefficient (Wildman–Crippen LogP) is 29.8. The van der Waals surface area contributed by atoms with Crippen LogP contribution >= 0.6 is 15.6 Å². The van der Waals surface area contributed by atoms with E-state index in [0.717, 1.165) is 116 Å². The van der Waals surface area contributed by atoms with E-state index in [1.807, 2.05) is 0 Å². The Hall–Kier alpha value is -3.79. The highest BCUT2D eigenvalue weighted by Crippen LogP contribution is 2.45. The first-order chi connectivity index (χ1) is 57.2. The molecule has 4 N–H and O–H groups in total. The quantitative estimate of drug-likeness (QED) is 0.0146. The number of carbonyl (C=O) groups excluding carboxylic acids is 3. The Kier molecular flexibility index (Phi) is 88.5. The van der Waals surface area contributed by atoms with Crippen LogP contribution in [0.1, 0.15) is 445 Å². The molecule has 16 nitrogen and oxygen atoms in total. The fourth-order valence-electron chi connectivity index (χ4n) is 13.7. The molecule has 0 saturated carbocycles. The highest BCUT2D eigenvalue weighted by Gasteiger charge is 2.30. The third kappa shape index (κ3) is 92.8. The van der Waals surface area contributed by atoms with Crippen molar-refractivity contribution in [2.45, 2.75) is 463 Å². The van der Waals surface area contributed by atoms with Crippen LogP contribution in [0.2, 0.25) is 0 Å². The molecule has 0 aromatic rings. The molecule has 5 atom stereocenters. The van der Waals surface area contributed by atoms with Gasteiger partial charge in [0.2, 0.25) is 0 Å².